The van der Waals surface area contributed by atoms with E-state index in [4.69, 9.17) is 5.73 Å². The van der Waals surface area contributed by atoms with Gasteiger partial charge in [-0.1, -0.05) is 12.8 Å². The summed E-state index contributed by atoms with van der Waals surface area (Å²) in [6.45, 7) is 2.48. The minimum absolute atomic E-state index is 0.298. The molecular formula is C12H22N4O2S. The Labute approximate surface area is 114 Å². The molecule has 0 aromatic carbocycles. The maximum atomic E-state index is 12.5. The van der Waals surface area contributed by atoms with Crippen LogP contribution in [0.3, 0.4) is 0 Å². The second-order valence-electron chi connectivity index (χ2n) is 4.90. The lowest BCUT2D eigenvalue weighted by Crippen LogP contribution is -2.31. The monoisotopic (exact) mass is 286 g/mol. The molecule has 0 saturated carbocycles. The van der Waals surface area contributed by atoms with Crippen molar-refractivity contribution in [3.05, 3.63) is 12.4 Å². The molecule has 19 heavy (non-hydrogen) atoms. The molecule has 0 amide bonds. The average Bonchev–Trinajstić information content (AvgIpc) is 2.70. The summed E-state index contributed by atoms with van der Waals surface area (Å²) in [6, 6.07) is 0. The maximum absolute atomic E-state index is 12.5. The number of aryl methyl sites for hydroxylation is 1. The highest BCUT2D eigenvalue weighted by Gasteiger charge is 2.26. The highest BCUT2D eigenvalue weighted by Crippen LogP contribution is 2.19. The SMILES string of the molecule is NCCCn1cc(S(=O)(=O)N2CCCCCC2)cn1. The van der Waals surface area contributed by atoms with Gasteiger partial charge in [0.05, 0.1) is 6.20 Å². The third-order valence-corrected chi connectivity index (χ3v) is 5.26. The Hall–Kier alpha value is -0.920. The summed E-state index contributed by atoms with van der Waals surface area (Å²) in [7, 11) is -3.37. The topological polar surface area (TPSA) is 81.2 Å². The number of sulfonamides is 1. The summed E-state index contributed by atoms with van der Waals surface area (Å²) in [4.78, 5) is 0.298. The minimum Gasteiger partial charge on any atom is -0.330 e. The van der Waals surface area contributed by atoms with E-state index in [0.29, 0.717) is 31.1 Å². The predicted molar refractivity (Wildman–Crippen MR) is 73.1 cm³/mol. The predicted octanol–water partition coefficient (Wildman–Crippen LogP) is 0.797. The van der Waals surface area contributed by atoms with Gasteiger partial charge in [0.25, 0.3) is 0 Å². The summed E-state index contributed by atoms with van der Waals surface area (Å²) in [6.07, 6.45) is 7.96. The molecule has 0 aliphatic carbocycles. The largest absolute Gasteiger partial charge is 0.330 e. The first-order valence-corrected chi connectivity index (χ1v) is 8.31. The summed E-state index contributed by atoms with van der Waals surface area (Å²) in [5.41, 5.74) is 5.44. The summed E-state index contributed by atoms with van der Waals surface area (Å²) in [5.74, 6) is 0. The molecule has 108 valence electrons. The lowest BCUT2D eigenvalue weighted by atomic mass is 10.2. The highest BCUT2D eigenvalue weighted by atomic mass is 32.2. The smallest absolute Gasteiger partial charge is 0.246 e. The summed E-state index contributed by atoms with van der Waals surface area (Å²) < 4.78 is 28.2. The molecular weight excluding hydrogens is 264 g/mol. The minimum atomic E-state index is -3.37. The van der Waals surface area contributed by atoms with Gasteiger partial charge in [0.2, 0.25) is 10.0 Å². The summed E-state index contributed by atoms with van der Waals surface area (Å²) >= 11 is 0. The molecule has 0 atom stereocenters. The lowest BCUT2D eigenvalue weighted by molar-refractivity contribution is 0.423. The van der Waals surface area contributed by atoms with E-state index in [1.165, 1.54) is 6.20 Å². The Morgan fingerprint density at radius 1 is 1.21 bits per heavy atom. The normalized spacial score (nSPS) is 18.4. The molecule has 7 heteroatoms. The first-order valence-electron chi connectivity index (χ1n) is 6.87. The molecule has 1 aromatic heterocycles. The van der Waals surface area contributed by atoms with E-state index < -0.39 is 10.0 Å². The van der Waals surface area contributed by atoms with Gasteiger partial charge in [-0.3, -0.25) is 4.68 Å². The Morgan fingerprint density at radius 2 is 1.89 bits per heavy atom. The van der Waals surface area contributed by atoms with Crippen molar-refractivity contribution < 1.29 is 8.42 Å². The molecule has 0 radical (unpaired) electrons. The van der Waals surface area contributed by atoms with Crippen molar-refractivity contribution in [3.63, 3.8) is 0 Å². The molecule has 2 rings (SSSR count). The molecule has 1 fully saturated rings. The first-order chi connectivity index (χ1) is 9.14. The Morgan fingerprint density at radius 3 is 2.53 bits per heavy atom. The van der Waals surface area contributed by atoms with Crippen molar-refractivity contribution in [1.82, 2.24) is 14.1 Å². The van der Waals surface area contributed by atoms with Crippen LogP contribution in [0, 0.1) is 0 Å². The number of aromatic nitrogens is 2. The molecule has 0 unspecified atom stereocenters. The van der Waals surface area contributed by atoms with E-state index >= 15 is 0 Å². The zero-order valence-electron chi connectivity index (χ0n) is 11.2. The van der Waals surface area contributed by atoms with Crippen LogP contribution in [0.5, 0.6) is 0 Å². The molecule has 2 N–H and O–H groups in total. The Balaban J connectivity index is 2.11. The van der Waals surface area contributed by atoms with E-state index in [9.17, 15) is 8.42 Å². The van der Waals surface area contributed by atoms with Crippen LogP contribution < -0.4 is 5.73 Å². The second-order valence-corrected chi connectivity index (χ2v) is 6.84. The molecule has 1 saturated heterocycles. The molecule has 0 bridgehead atoms. The summed E-state index contributed by atoms with van der Waals surface area (Å²) in [5, 5.41) is 4.09. The van der Waals surface area contributed by atoms with Crippen LogP contribution in [0.25, 0.3) is 0 Å². The Kier molecular flexibility index (Phi) is 4.95. The van der Waals surface area contributed by atoms with Crippen LogP contribution in [-0.4, -0.2) is 42.1 Å². The fourth-order valence-corrected chi connectivity index (χ4v) is 3.76. The van der Waals surface area contributed by atoms with Gasteiger partial charge in [-0.05, 0) is 25.8 Å². The van der Waals surface area contributed by atoms with Crippen molar-refractivity contribution >= 4 is 10.0 Å². The standard InChI is InChI=1S/C12H22N4O2S/c13-6-5-7-15-11-12(10-14-15)19(17,18)16-8-3-1-2-4-9-16/h10-11H,1-9,13H2. The fraction of sp³-hybridized carbons (Fsp3) is 0.750. The van der Waals surface area contributed by atoms with Crippen LogP contribution in [0.15, 0.2) is 17.3 Å². The zero-order valence-corrected chi connectivity index (χ0v) is 12.0. The molecule has 1 aromatic rings. The van der Waals surface area contributed by atoms with Crippen molar-refractivity contribution in [1.29, 1.82) is 0 Å². The first kappa shape index (κ1) is 14.5. The fourth-order valence-electron chi connectivity index (χ4n) is 2.28. The van der Waals surface area contributed by atoms with Gasteiger partial charge >= 0.3 is 0 Å². The van der Waals surface area contributed by atoms with Gasteiger partial charge in [0.1, 0.15) is 4.90 Å². The number of nitrogens with two attached hydrogens (primary N) is 1. The molecule has 1 aliphatic heterocycles. The van der Waals surface area contributed by atoms with Crippen LogP contribution in [0.4, 0.5) is 0 Å². The lowest BCUT2D eigenvalue weighted by Gasteiger charge is -2.18. The molecule has 6 nitrogen and oxygen atoms in total. The molecule has 2 heterocycles. The van der Waals surface area contributed by atoms with E-state index in [2.05, 4.69) is 5.10 Å². The quantitative estimate of drug-likeness (QED) is 0.868. The molecule has 0 spiro atoms. The number of nitrogens with zero attached hydrogens (tertiary/aromatic N) is 3. The third-order valence-electron chi connectivity index (χ3n) is 3.40. The van der Waals surface area contributed by atoms with Gasteiger partial charge in [-0.15, -0.1) is 0 Å². The van der Waals surface area contributed by atoms with Crippen LogP contribution in [0.1, 0.15) is 32.1 Å². The highest BCUT2D eigenvalue weighted by molar-refractivity contribution is 7.89. The van der Waals surface area contributed by atoms with Gasteiger partial charge in [0.15, 0.2) is 0 Å². The maximum Gasteiger partial charge on any atom is 0.246 e. The van der Waals surface area contributed by atoms with E-state index in [1.807, 2.05) is 0 Å². The third kappa shape index (κ3) is 3.55. The average molecular weight is 286 g/mol. The van der Waals surface area contributed by atoms with Gasteiger partial charge in [-0.2, -0.15) is 9.40 Å². The van der Waals surface area contributed by atoms with Gasteiger partial charge < -0.3 is 5.73 Å². The van der Waals surface area contributed by atoms with Crippen molar-refractivity contribution in [2.45, 2.75) is 43.5 Å². The Bertz CT molecular complexity index is 490. The van der Waals surface area contributed by atoms with Crippen LogP contribution >= 0.6 is 0 Å². The van der Waals surface area contributed by atoms with Crippen LogP contribution in [-0.2, 0) is 16.6 Å². The number of hydrogen-bond donors (Lipinski definition) is 1. The number of hydrogen-bond acceptors (Lipinski definition) is 4. The van der Waals surface area contributed by atoms with Gasteiger partial charge in [-0.25, -0.2) is 8.42 Å². The molecule has 1 aliphatic rings. The zero-order chi connectivity index (χ0) is 13.7. The van der Waals surface area contributed by atoms with Gasteiger partial charge in [0, 0.05) is 25.8 Å². The van der Waals surface area contributed by atoms with E-state index in [0.717, 1.165) is 32.1 Å². The number of rotatable bonds is 5. The second kappa shape index (κ2) is 6.49. The van der Waals surface area contributed by atoms with Crippen molar-refractivity contribution in [3.8, 4) is 0 Å². The van der Waals surface area contributed by atoms with Crippen LogP contribution in [0.2, 0.25) is 0 Å². The van der Waals surface area contributed by atoms with E-state index in [-0.39, 0.29) is 0 Å². The van der Waals surface area contributed by atoms with E-state index in [1.54, 1.807) is 15.2 Å². The van der Waals surface area contributed by atoms with Crippen molar-refractivity contribution in [2.75, 3.05) is 19.6 Å². The van der Waals surface area contributed by atoms with Crippen molar-refractivity contribution in [2.24, 2.45) is 5.73 Å².